The molecule has 0 aromatic heterocycles. The number of alkyl halides is 1. The van der Waals surface area contributed by atoms with Gasteiger partial charge in [-0.2, -0.15) is 0 Å². The van der Waals surface area contributed by atoms with E-state index in [2.05, 4.69) is 22.9 Å². The molecule has 4 heteroatoms. The van der Waals surface area contributed by atoms with Crippen molar-refractivity contribution in [3.63, 3.8) is 0 Å². The van der Waals surface area contributed by atoms with Gasteiger partial charge in [0.15, 0.2) is 11.5 Å². The van der Waals surface area contributed by atoms with Crippen LogP contribution in [0.5, 0.6) is 11.5 Å². The second kappa shape index (κ2) is 7.23. The van der Waals surface area contributed by atoms with E-state index in [1.807, 2.05) is 26.0 Å². The van der Waals surface area contributed by atoms with E-state index in [0.29, 0.717) is 13.2 Å². The van der Waals surface area contributed by atoms with Crippen LogP contribution in [0.4, 0.5) is 0 Å². The zero-order valence-corrected chi connectivity index (χ0v) is 15.4. The van der Waals surface area contributed by atoms with Gasteiger partial charge in [-0.05, 0) is 43.7 Å². The van der Waals surface area contributed by atoms with Crippen molar-refractivity contribution in [1.82, 2.24) is 0 Å². The molecule has 1 fully saturated rings. The molecule has 0 spiro atoms. The molecule has 2 rings (SSSR count). The van der Waals surface area contributed by atoms with Gasteiger partial charge in [0.05, 0.1) is 13.2 Å². The Bertz CT molecular complexity index is 484. The highest BCUT2D eigenvalue weighted by atomic mass is 79.9. The zero-order chi connectivity index (χ0) is 15.5. The Hall–Kier alpha value is -0.410. The second-order valence-electron chi connectivity index (χ2n) is 5.91. The first-order chi connectivity index (χ1) is 10.0. The van der Waals surface area contributed by atoms with Crippen molar-refractivity contribution < 1.29 is 9.47 Å². The van der Waals surface area contributed by atoms with Gasteiger partial charge in [-0.3, -0.25) is 0 Å². The average molecular weight is 376 g/mol. The van der Waals surface area contributed by atoms with Crippen LogP contribution < -0.4 is 9.47 Å². The van der Waals surface area contributed by atoms with Gasteiger partial charge in [0.1, 0.15) is 0 Å². The van der Waals surface area contributed by atoms with E-state index in [1.54, 1.807) is 0 Å². The molecule has 0 N–H and O–H groups in total. The van der Waals surface area contributed by atoms with Gasteiger partial charge in [-0.25, -0.2) is 0 Å². The quantitative estimate of drug-likeness (QED) is 0.555. The van der Waals surface area contributed by atoms with Gasteiger partial charge in [0, 0.05) is 15.9 Å². The number of hydrogen-bond donors (Lipinski definition) is 0. The number of halogens is 2. The van der Waals surface area contributed by atoms with Crippen LogP contribution in [0.2, 0.25) is 5.02 Å². The molecular weight excluding hydrogens is 352 g/mol. The standard InChI is InChI=1S/C17H24BrClO2/c1-4-20-14-10-12(13(19)11-15(14)21-5-2)16(18)17(3)8-6-7-9-17/h10-11,16H,4-9H2,1-3H3. The number of rotatable bonds is 6. The maximum atomic E-state index is 6.51. The molecule has 1 unspecified atom stereocenters. The maximum Gasteiger partial charge on any atom is 0.162 e. The minimum atomic E-state index is 0.245. The van der Waals surface area contributed by atoms with Gasteiger partial charge in [0.2, 0.25) is 0 Å². The summed E-state index contributed by atoms with van der Waals surface area (Å²) in [4.78, 5) is 0.245. The molecule has 118 valence electrons. The molecule has 0 saturated heterocycles. The Balaban J connectivity index is 2.36. The third-order valence-corrected chi connectivity index (χ3v) is 6.22. The van der Waals surface area contributed by atoms with Crippen LogP contribution in [0.3, 0.4) is 0 Å². The van der Waals surface area contributed by atoms with Crippen LogP contribution >= 0.6 is 27.5 Å². The van der Waals surface area contributed by atoms with Crippen LogP contribution in [0.1, 0.15) is 56.8 Å². The normalized spacial score (nSPS) is 18.5. The van der Waals surface area contributed by atoms with Crippen LogP contribution in [0.15, 0.2) is 12.1 Å². The van der Waals surface area contributed by atoms with Crippen molar-refractivity contribution in [1.29, 1.82) is 0 Å². The second-order valence-corrected chi connectivity index (χ2v) is 7.23. The average Bonchev–Trinajstić information content (AvgIpc) is 2.89. The van der Waals surface area contributed by atoms with Gasteiger partial charge in [0.25, 0.3) is 0 Å². The van der Waals surface area contributed by atoms with E-state index in [4.69, 9.17) is 21.1 Å². The van der Waals surface area contributed by atoms with Crippen molar-refractivity contribution in [2.75, 3.05) is 13.2 Å². The first kappa shape index (κ1) is 17.0. The lowest BCUT2D eigenvalue weighted by molar-refractivity contribution is 0.286. The molecule has 0 heterocycles. The number of hydrogen-bond acceptors (Lipinski definition) is 2. The van der Waals surface area contributed by atoms with Crippen LogP contribution in [0, 0.1) is 5.41 Å². The summed E-state index contributed by atoms with van der Waals surface area (Å²) in [5.41, 5.74) is 1.37. The molecule has 0 aliphatic heterocycles. The third kappa shape index (κ3) is 3.68. The van der Waals surface area contributed by atoms with E-state index in [1.165, 1.54) is 25.7 Å². The Morgan fingerprint density at radius 3 is 2.19 bits per heavy atom. The molecule has 21 heavy (non-hydrogen) atoms. The van der Waals surface area contributed by atoms with E-state index in [0.717, 1.165) is 22.1 Å². The monoisotopic (exact) mass is 374 g/mol. The van der Waals surface area contributed by atoms with E-state index < -0.39 is 0 Å². The fraction of sp³-hybridized carbons (Fsp3) is 0.647. The smallest absolute Gasteiger partial charge is 0.162 e. The van der Waals surface area contributed by atoms with Crippen molar-refractivity contribution in [3.8, 4) is 11.5 Å². The zero-order valence-electron chi connectivity index (χ0n) is 13.0. The van der Waals surface area contributed by atoms with Crippen molar-refractivity contribution in [2.45, 2.75) is 51.3 Å². The highest BCUT2D eigenvalue weighted by Gasteiger charge is 2.37. The predicted molar refractivity (Wildman–Crippen MR) is 92.0 cm³/mol. The predicted octanol–water partition coefficient (Wildman–Crippen LogP) is 6.15. The molecule has 1 atom stereocenters. The lowest BCUT2D eigenvalue weighted by Gasteiger charge is -2.31. The minimum absolute atomic E-state index is 0.245. The molecular formula is C17H24BrClO2. The molecule has 1 aromatic rings. The van der Waals surface area contributed by atoms with E-state index >= 15 is 0 Å². The molecule has 0 radical (unpaired) electrons. The summed E-state index contributed by atoms with van der Waals surface area (Å²) < 4.78 is 11.4. The Morgan fingerprint density at radius 2 is 1.67 bits per heavy atom. The van der Waals surface area contributed by atoms with Gasteiger partial charge in [-0.15, -0.1) is 0 Å². The molecule has 1 saturated carbocycles. The molecule has 1 aliphatic carbocycles. The first-order valence-electron chi connectivity index (χ1n) is 7.75. The number of benzene rings is 1. The fourth-order valence-electron chi connectivity index (χ4n) is 3.09. The largest absolute Gasteiger partial charge is 0.490 e. The minimum Gasteiger partial charge on any atom is -0.490 e. The summed E-state index contributed by atoms with van der Waals surface area (Å²) in [6, 6.07) is 3.93. The molecule has 1 aliphatic rings. The summed E-state index contributed by atoms with van der Waals surface area (Å²) >= 11 is 10.4. The summed E-state index contributed by atoms with van der Waals surface area (Å²) in [5.74, 6) is 1.51. The van der Waals surface area contributed by atoms with E-state index in [9.17, 15) is 0 Å². The van der Waals surface area contributed by atoms with Crippen molar-refractivity contribution in [2.24, 2.45) is 5.41 Å². The number of ether oxygens (including phenoxy) is 2. The summed E-state index contributed by atoms with van der Waals surface area (Å²) in [7, 11) is 0. The SMILES string of the molecule is CCOc1cc(Cl)c(C(Br)C2(C)CCCC2)cc1OCC. The van der Waals surface area contributed by atoms with Crippen molar-refractivity contribution >= 4 is 27.5 Å². The van der Waals surface area contributed by atoms with Gasteiger partial charge < -0.3 is 9.47 Å². The summed E-state index contributed by atoms with van der Waals surface area (Å²) in [6.07, 6.45) is 5.06. The van der Waals surface area contributed by atoms with Crippen LogP contribution in [-0.4, -0.2) is 13.2 Å². The molecule has 1 aromatic carbocycles. The Labute approximate surface area is 141 Å². The van der Waals surface area contributed by atoms with Crippen molar-refractivity contribution in [3.05, 3.63) is 22.7 Å². The molecule has 2 nitrogen and oxygen atoms in total. The lowest BCUT2D eigenvalue weighted by Crippen LogP contribution is -2.18. The summed E-state index contributed by atoms with van der Waals surface area (Å²) in [6.45, 7) is 7.50. The van der Waals surface area contributed by atoms with Crippen LogP contribution in [0.25, 0.3) is 0 Å². The van der Waals surface area contributed by atoms with Crippen LogP contribution in [-0.2, 0) is 0 Å². The Kier molecular flexibility index (Phi) is 5.84. The lowest BCUT2D eigenvalue weighted by atomic mass is 9.82. The third-order valence-electron chi connectivity index (χ3n) is 4.29. The first-order valence-corrected chi connectivity index (χ1v) is 9.04. The highest BCUT2D eigenvalue weighted by molar-refractivity contribution is 9.09. The van der Waals surface area contributed by atoms with Gasteiger partial charge >= 0.3 is 0 Å². The van der Waals surface area contributed by atoms with E-state index in [-0.39, 0.29) is 10.2 Å². The fourth-order valence-corrected chi connectivity index (χ4v) is 4.32. The van der Waals surface area contributed by atoms with Gasteiger partial charge in [-0.1, -0.05) is 47.3 Å². The summed E-state index contributed by atoms with van der Waals surface area (Å²) in [5, 5.41) is 0.747. The highest BCUT2D eigenvalue weighted by Crippen LogP contribution is 2.54. The maximum absolute atomic E-state index is 6.51. The molecule has 0 amide bonds. The topological polar surface area (TPSA) is 18.5 Å². The Morgan fingerprint density at radius 1 is 1.14 bits per heavy atom. The molecule has 0 bridgehead atoms.